The molecule has 1 heteroatoms. The lowest BCUT2D eigenvalue weighted by atomic mass is 9.67. The van der Waals surface area contributed by atoms with Crippen LogP contribution in [-0.2, 0) is 5.41 Å². The summed E-state index contributed by atoms with van der Waals surface area (Å²) in [4.78, 5) is 2.49. The van der Waals surface area contributed by atoms with Gasteiger partial charge in [0.2, 0.25) is 0 Å². The van der Waals surface area contributed by atoms with Crippen molar-refractivity contribution in [2.75, 3.05) is 4.90 Å². The molecular weight excluding hydrogens is 747 g/mol. The predicted molar refractivity (Wildman–Crippen MR) is 260 cm³/mol. The smallest absolute Gasteiger partial charge is 0.0714 e. The van der Waals surface area contributed by atoms with Crippen molar-refractivity contribution in [1.82, 2.24) is 0 Å². The van der Waals surface area contributed by atoms with Gasteiger partial charge >= 0.3 is 0 Å². The first kappa shape index (κ1) is 36.9. The minimum atomic E-state index is -0.486. The van der Waals surface area contributed by atoms with E-state index in [2.05, 4.69) is 224 Å². The maximum atomic E-state index is 2.50. The molecule has 2 saturated carbocycles. The van der Waals surface area contributed by atoms with E-state index in [0.29, 0.717) is 5.92 Å². The molecule has 3 unspecified atom stereocenters. The highest BCUT2D eigenvalue weighted by molar-refractivity contribution is 5.97. The summed E-state index contributed by atoms with van der Waals surface area (Å²) in [7, 11) is 0. The van der Waals surface area contributed by atoms with Gasteiger partial charge in [-0.25, -0.2) is 0 Å². The van der Waals surface area contributed by atoms with Gasteiger partial charge in [-0.1, -0.05) is 170 Å². The van der Waals surface area contributed by atoms with Crippen LogP contribution in [0.2, 0.25) is 0 Å². The van der Waals surface area contributed by atoms with Crippen molar-refractivity contribution in [1.29, 1.82) is 0 Å². The molecule has 0 spiro atoms. The van der Waals surface area contributed by atoms with Gasteiger partial charge < -0.3 is 4.90 Å². The quantitative estimate of drug-likeness (QED) is 0.148. The second-order valence-electron chi connectivity index (χ2n) is 18.1. The van der Waals surface area contributed by atoms with Crippen LogP contribution < -0.4 is 4.90 Å². The molecule has 3 aliphatic rings. The van der Waals surface area contributed by atoms with E-state index < -0.39 is 5.41 Å². The summed E-state index contributed by atoms with van der Waals surface area (Å²) < 4.78 is 0. The number of rotatable bonds is 8. The van der Waals surface area contributed by atoms with Crippen LogP contribution >= 0.6 is 0 Å². The summed E-state index contributed by atoms with van der Waals surface area (Å²) in [5.41, 5.74) is 18.6. The van der Waals surface area contributed by atoms with Crippen molar-refractivity contribution in [2.45, 2.75) is 43.9 Å². The summed E-state index contributed by atoms with van der Waals surface area (Å²) in [6, 6.07) is 79.7. The fourth-order valence-corrected chi connectivity index (χ4v) is 11.9. The number of hydrogen-bond donors (Lipinski definition) is 0. The molecule has 2 fully saturated rings. The number of hydrogen-bond acceptors (Lipinski definition) is 1. The molecule has 9 aromatic carbocycles. The normalized spacial score (nSPS) is 18.1. The molecule has 3 atom stereocenters. The first-order chi connectivity index (χ1) is 30.6. The second-order valence-corrected chi connectivity index (χ2v) is 18.1. The molecule has 0 radical (unpaired) electrons. The fraction of sp³-hybridized carbons (Fsp3) is 0.148. The Hall–Kier alpha value is -6.96. The van der Waals surface area contributed by atoms with Crippen molar-refractivity contribution in [2.24, 2.45) is 11.8 Å². The van der Waals surface area contributed by atoms with Crippen LogP contribution in [0, 0.1) is 18.8 Å². The summed E-state index contributed by atoms with van der Waals surface area (Å²) in [6.45, 7) is 2.27. The second kappa shape index (κ2) is 14.9. The number of nitrogens with zero attached hydrogens (tertiary/aromatic N) is 1. The Morgan fingerprint density at radius 2 is 1.00 bits per heavy atom. The highest BCUT2D eigenvalue weighted by atomic mass is 15.1. The van der Waals surface area contributed by atoms with E-state index in [4.69, 9.17) is 0 Å². The molecule has 3 aliphatic carbocycles. The number of benzene rings is 9. The van der Waals surface area contributed by atoms with Gasteiger partial charge in [-0.05, 0) is 170 Å². The topological polar surface area (TPSA) is 3.24 Å². The van der Waals surface area contributed by atoms with Crippen molar-refractivity contribution in [3.8, 4) is 33.4 Å². The molecule has 298 valence electrons. The van der Waals surface area contributed by atoms with Gasteiger partial charge in [0, 0.05) is 17.1 Å². The SMILES string of the molecule is Cc1cccc2c1-c1ccc(N(c3ccc(-c4cc5ccccc5cc4-c4ccccc4)cc3)c3ccc(C4CC5CCC4C5)cc3)cc1C2(c1ccccc1)c1ccccc1. The number of fused-ring (bicyclic) bond motifs is 6. The van der Waals surface area contributed by atoms with E-state index in [-0.39, 0.29) is 0 Å². The lowest BCUT2D eigenvalue weighted by Crippen LogP contribution is -2.28. The zero-order valence-electron chi connectivity index (χ0n) is 35.2. The predicted octanol–water partition coefficient (Wildman–Crippen LogP) is 16.2. The molecule has 0 amide bonds. The van der Waals surface area contributed by atoms with Gasteiger partial charge in [0.1, 0.15) is 0 Å². The zero-order chi connectivity index (χ0) is 41.2. The van der Waals surface area contributed by atoms with Crippen LogP contribution in [0.5, 0.6) is 0 Å². The van der Waals surface area contributed by atoms with Crippen molar-refractivity contribution < 1.29 is 0 Å². The largest absolute Gasteiger partial charge is 0.310 e. The minimum absolute atomic E-state index is 0.486. The van der Waals surface area contributed by atoms with Gasteiger partial charge in [0.05, 0.1) is 5.41 Å². The maximum Gasteiger partial charge on any atom is 0.0714 e. The molecule has 9 aromatic rings. The third-order valence-electron chi connectivity index (χ3n) is 14.7. The highest BCUT2D eigenvalue weighted by Gasteiger charge is 2.47. The summed E-state index contributed by atoms with van der Waals surface area (Å²) >= 11 is 0. The van der Waals surface area contributed by atoms with Crippen LogP contribution in [0.3, 0.4) is 0 Å². The number of aryl methyl sites for hydroxylation is 1. The molecule has 0 aliphatic heterocycles. The van der Waals surface area contributed by atoms with E-state index in [0.717, 1.165) is 23.2 Å². The summed E-state index contributed by atoms with van der Waals surface area (Å²) in [6.07, 6.45) is 5.57. The van der Waals surface area contributed by atoms with Gasteiger partial charge in [-0.2, -0.15) is 0 Å². The van der Waals surface area contributed by atoms with Crippen LogP contribution in [0.25, 0.3) is 44.2 Å². The van der Waals surface area contributed by atoms with Crippen molar-refractivity contribution >= 4 is 27.8 Å². The lowest BCUT2D eigenvalue weighted by molar-refractivity contribution is 0.420. The maximum absolute atomic E-state index is 2.50. The average Bonchev–Trinajstić information content (AvgIpc) is 4.06. The first-order valence-electron chi connectivity index (χ1n) is 22.6. The summed E-state index contributed by atoms with van der Waals surface area (Å²) in [5, 5.41) is 2.50. The third kappa shape index (κ3) is 5.90. The van der Waals surface area contributed by atoms with Crippen molar-refractivity contribution in [3.63, 3.8) is 0 Å². The Kier molecular flexibility index (Phi) is 8.85. The Balaban J connectivity index is 1.04. The average molecular weight is 796 g/mol. The molecule has 12 rings (SSSR count). The molecule has 0 aromatic heterocycles. The van der Waals surface area contributed by atoms with E-state index in [1.54, 1.807) is 0 Å². The number of anilines is 3. The highest BCUT2D eigenvalue weighted by Crippen LogP contribution is 2.58. The Bertz CT molecular complexity index is 3040. The fourth-order valence-electron chi connectivity index (χ4n) is 11.9. The van der Waals surface area contributed by atoms with Gasteiger partial charge in [0.15, 0.2) is 0 Å². The Labute approximate surface area is 366 Å². The van der Waals surface area contributed by atoms with Gasteiger partial charge in [-0.3, -0.25) is 0 Å². The van der Waals surface area contributed by atoms with Crippen LogP contribution in [0.15, 0.2) is 212 Å². The molecular formula is C61H49N. The molecule has 0 heterocycles. The van der Waals surface area contributed by atoms with Crippen LogP contribution in [0.4, 0.5) is 17.1 Å². The van der Waals surface area contributed by atoms with Crippen molar-refractivity contribution in [3.05, 3.63) is 246 Å². The molecule has 0 saturated heterocycles. The minimum Gasteiger partial charge on any atom is -0.310 e. The van der Waals surface area contributed by atoms with Crippen LogP contribution in [0.1, 0.15) is 65.0 Å². The van der Waals surface area contributed by atoms with Gasteiger partial charge in [-0.15, -0.1) is 0 Å². The zero-order valence-corrected chi connectivity index (χ0v) is 35.2. The molecule has 0 N–H and O–H groups in total. The molecule has 62 heavy (non-hydrogen) atoms. The molecule has 1 nitrogen and oxygen atoms in total. The van der Waals surface area contributed by atoms with E-state index in [1.807, 2.05) is 0 Å². The lowest BCUT2D eigenvalue weighted by Gasteiger charge is -2.35. The third-order valence-corrected chi connectivity index (χ3v) is 14.7. The molecule has 2 bridgehead atoms. The summed E-state index contributed by atoms with van der Waals surface area (Å²) in [5.74, 6) is 2.45. The first-order valence-corrected chi connectivity index (χ1v) is 22.6. The van der Waals surface area contributed by atoms with Crippen LogP contribution in [-0.4, -0.2) is 0 Å². The monoisotopic (exact) mass is 795 g/mol. The standard InChI is InChI=1S/C61H49N/c1-41-14-13-23-58-60(41)54-35-34-53(40-59(54)61(58,49-19-7-3-8-20-49)50-21-9-4-10-22-50)62(51-30-26-44(27-31-51)55-37-42-24-25-48(55)36-42)52-32-28-45(29-33-52)57-39-47-18-12-11-17-46(47)38-56(57)43-15-5-2-6-16-43/h2-23,26-35,38-40,42,48,55H,24-25,36-37H2,1H3. The van der Waals surface area contributed by atoms with E-state index in [9.17, 15) is 0 Å². The van der Waals surface area contributed by atoms with Gasteiger partial charge in [0.25, 0.3) is 0 Å². The van der Waals surface area contributed by atoms with E-state index >= 15 is 0 Å². The Morgan fingerprint density at radius 3 is 1.60 bits per heavy atom. The Morgan fingerprint density at radius 1 is 0.435 bits per heavy atom. The van der Waals surface area contributed by atoms with E-state index in [1.165, 1.54) is 109 Å².